The van der Waals surface area contributed by atoms with Crippen LogP contribution in [0.4, 0.5) is 11.6 Å². The van der Waals surface area contributed by atoms with Crippen molar-refractivity contribution in [3.63, 3.8) is 0 Å². The predicted molar refractivity (Wildman–Crippen MR) is 61.9 cm³/mol. The van der Waals surface area contributed by atoms with Crippen molar-refractivity contribution < 1.29 is 8.42 Å². The molecule has 88 valence electrons. The van der Waals surface area contributed by atoms with Crippen LogP contribution in [0.25, 0.3) is 0 Å². The molecular formula is C9H14N4O2S. The number of hydrogen-bond donors (Lipinski definition) is 2. The maximum Gasteiger partial charge on any atom is 0.152 e. The molecule has 0 radical (unpaired) electrons. The van der Waals surface area contributed by atoms with E-state index in [2.05, 4.69) is 15.3 Å². The lowest BCUT2D eigenvalue weighted by molar-refractivity contribution is 0.602. The Kier molecular flexibility index (Phi) is 2.71. The van der Waals surface area contributed by atoms with Crippen molar-refractivity contribution in [2.45, 2.75) is 19.4 Å². The van der Waals surface area contributed by atoms with Gasteiger partial charge in [-0.3, -0.25) is 0 Å². The standard InChI is InChI=1S/C9H14N4O2S/c1-6-11-8(10)4-9(12-6)13-7-2-3-16(14,15)5-7/h4,7H,2-3,5H2,1H3,(H3,10,11,12,13). The van der Waals surface area contributed by atoms with E-state index >= 15 is 0 Å². The summed E-state index contributed by atoms with van der Waals surface area (Å²) in [4.78, 5) is 8.09. The number of nitrogens with two attached hydrogens (primary N) is 1. The number of aryl methyl sites for hydroxylation is 1. The zero-order valence-corrected chi connectivity index (χ0v) is 9.79. The summed E-state index contributed by atoms with van der Waals surface area (Å²) >= 11 is 0. The maximum atomic E-state index is 11.3. The average Bonchev–Trinajstić information content (AvgIpc) is 2.43. The highest BCUT2D eigenvalue weighted by Crippen LogP contribution is 2.17. The Morgan fingerprint density at radius 1 is 1.50 bits per heavy atom. The third-order valence-corrected chi connectivity index (χ3v) is 4.21. The van der Waals surface area contributed by atoms with Gasteiger partial charge in [-0.05, 0) is 13.3 Å². The minimum Gasteiger partial charge on any atom is -0.384 e. The normalized spacial score (nSPS) is 23.2. The van der Waals surface area contributed by atoms with Crippen LogP contribution in [0.3, 0.4) is 0 Å². The molecule has 3 N–H and O–H groups in total. The molecule has 0 amide bonds. The van der Waals surface area contributed by atoms with E-state index in [9.17, 15) is 8.42 Å². The van der Waals surface area contributed by atoms with Gasteiger partial charge in [-0.25, -0.2) is 18.4 Å². The SMILES string of the molecule is Cc1nc(N)cc(NC2CCS(=O)(=O)C2)n1. The fraction of sp³-hybridized carbons (Fsp3) is 0.556. The van der Waals surface area contributed by atoms with E-state index in [1.807, 2.05) is 0 Å². The second-order valence-corrected chi connectivity index (χ2v) is 6.20. The summed E-state index contributed by atoms with van der Waals surface area (Å²) < 4.78 is 22.5. The topological polar surface area (TPSA) is 98.0 Å². The van der Waals surface area contributed by atoms with Gasteiger partial charge in [-0.15, -0.1) is 0 Å². The van der Waals surface area contributed by atoms with E-state index < -0.39 is 9.84 Å². The number of rotatable bonds is 2. The quantitative estimate of drug-likeness (QED) is 0.755. The van der Waals surface area contributed by atoms with Gasteiger partial charge in [0.25, 0.3) is 0 Å². The van der Waals surface area contributed by atoms with E-state index in [1.165, 1.54) is 0 Å². The van der Waals surface area contributed by atoms with E-state index in [0.717, 1.165) is 0 Å². The number of nitrogens with one attached hydrogen (secondary N) is 1. The minimum atomic E-state index is -2.87. The summed E-state index contributed by atoms with van der Waals surface area (Å²) in [5, 5.41) is 3.07. The Labute approximate surface area is 94.2 Å². The van der Waals surface area contributed by atoms with Crippen LogP contribution in [-0.2, 0) is 9.84 Å². The summed E-state index contributed by atoms with van der Waals surface area (Å²) in [5.41, 5.74) is 5.58. The fourth-order valence-corrected chi connectivity index (χ4v) is 3.46. The molecule has 1 aromatic rings. The van der Waals surface area contributed by atoms with Crippen LogP contribution < -0.4 is 11.1 Å². The van der Waals surface area contributed by atoms with Gasteiger partial charge in [-0.1, -0.05) is 0 Å². The molecule has 0 aliphatic carbocycles. The van der Waals surface area contributed by atoms with Crippen molar-refractivity contribution >= 4 is 21.5 Å². The average molecular weight is 242 g/mol. The Hall–Kier alpha value is -1.37. The molecule has 1 aromatic heterocycles. The van der Waals surface area contributed by atoms with Gasteiger partial charge in [0.1, 0.15) is 17.5 Å². The highest BCUT2D eigenvalue weighted by atomic mass is 32.2. The molecule has 2 rings (SSSR count). The number of sulfone groups is 1. The number of anilines is 2. The Morgan fingerprint density at radius 2 is 2.25 bits per heavy atom. The summed E-state index contributed by atoms with van der Waals surface area (Å²) in [6.07, 6.45) is 0.616. The number of nitrogen functional groups attached to an aromatic ring is 1. The molecule has 1 saturated heterocycles. The molecule has 7 heteroatoms. The van der Waals surface area contributed by atoms with Gasteiger partial charge >= 0.3 is 0 Å². The van der Waals surface area contributed by atoms with Crippen LogP contribution in [0.5, 0.6) is 0 Å². The first-order chi connectivity index (χ1) is 7.44. The van der Waals surface area contributed by atoms with Crippen LogP contribution >= 0.6 is 0 Å². The maximum absolute atomic E-state index is 11.3. The number of hydrogen-bond acceptors (Lipinski definition) is 6. The van der Waals surface area contributed by atoms with E-state index in [4.69, 9.17) is 5.73 Å². The van der Waals surface area contributed by atoms with Crippen molar-refractivity contribution in [3.8, 4) is 0 Å². The molecule has 0 aromatic carbocycles. The van der Waals surface area contributed by atoms with Crippen molar-refractivity contribution in [1.29, 1.82) is 0 Å². The largest absolute Gasteiger partial charge is 0.384 e. The monoisotopic (exact) mass is 242 g/mol. The molecule has 1 aliphatic rings. The molecule has 0 spiro atoms. The molecule has 16 heavy (non-hydrogen) atoms. The molecule has 1 fully saturated rings. The predicted octanol–water partition coefficient (Wildman–Crippen LogP) is -0.0338. The second-order valence-electron chi connectivity index (χ2n) is 3.97. The smallest absolute Gasteiger partial charge is 0.152 e. The van der Waals surface area contributed by atoms with E-state index in [-0.39, 0.29) is 17.5 Å². The molecule has 2 heterocycles. The number of aromatic nitrogens is 2. The Morgan fingerprint density at radius 3 is 2.81 bits per heavy atom. The molecule has 6 nitrogen and oxygen atoms in total. The lowest BCUT2D eigenvalue weighted by Crippen LogP contribution is -2.21. The van der Waals surface area contributed by atoms with Crippen LogP contribution in [0.1, 0.15) is 12.2 Å². The molecule has 1 atom stereocenters. The summed E-state index contributed by atoms with van der Waals surface area (Å²) in [5.74, 6) is 1.95. The van der Waals surface area contributed by atoms with Gasteiger partial charge < -0.3 is 11.1 Å². The molecule has 0 saturated carbocycles. The third kappa shape index (κ3) is 2.60. The molecule has 0 bridgehead atoms. The Bertz CT molecular complexity index is 480. The zero-order valence-electron chi connectivity index (χ0n) is 8.97. The summed E-state index contributed by atoms with van der Waals surface area (Å²) in [6, 6.07) is 1.54. The van der Waals surface area contributed by atoms with Gasteiger partial charge in [0.05, 0.1) is 11.5 Å². The zero-order chi connectivity index (χ0) is 11.8. The van der Waals surface area contributed by atoms with Crippen LogP contribution in [0.15, 0.2) is 6.07 Å². The fourth-order valence-electron chi connectivity index (χ4n) is 1.78. The van der Waals surface area contributed by atoms with Gasteiger partial charge in [0.15, 0.2) is 9.84 Å². The van der Waals surface area contributed by atoms with Crippen molar-refractivity contribution in [3.05, 3.63) is 11.9 Å². The summed E-state index contributed by atoms with van der Waals surface area (Å²) in [7, 11) is -2.87. The summed E-state index contributed by atoms with van der Waals surface area (Å²) in [6.45, 7) is 1.74. The van der Waals surface area contributed by atoms with Gasteiger partial charge in [0.2, 0.25) is 0 Å². The van der Waals surface area contributed by atoms with Gasteiger partial charge in [-0.2, -0.15) is 0 Å². The highest BCUT2D eigenvalue weighted by Gasteiger charge is 2.27. The van der Waals surface area contributed by atoms with Gasteiger partial charge in [0, 0.05) is 12.1 Å². The molecule has 1 unspecified atom stereocenters. The highest BCUT2D eigenvalue weighted by molar-refractivity contribution is 7.91. The van der Waals surface area contributed by atoms with Crippen molar-refractivity contribution in [1.82, 2.24) is 9.97 Å². The lowest BCUT2D eigenvalue weighted by atomic mass is 10.2. The molecule has 1 aliphatic heterocycles. The van der Waals surface area contributed by atoms with Crippen molar-refractivity contribution in [2.24, 2.45) is 0 Å². The van der Waals surface area contributed by atoms with E-state index in [1.54, 1.807) is 13.0 Å². The van der Waals surface area contributed by atoms with Crippen LogP contribution in [0.2, 0.25) is 0 Å². The van der Waals surface area contributed by atoms with Crippen molar-refractivity contribution in [2.75, 3.05) is 22.6 Å². The first-order valence-corrected chi connectivity index (χ1v) is 6.85. The lowest BCUT2D eigenvalue weighted by Gasteiger charge is -2.11. The molecular weight excluding hydrogens is 228 g/mol. The first kappa shape index (κ1) is 11.1. The first-order valence-electron chi connectivity index (χ1n) is 5.03. The van der Waals surface area contributed by atoms with E-state index in [0.29, 0.717) is 23.9 Å². The number of nitrogens with zero attached hydrogens (tertiary/aromatic N) is 2. The van der Waals surface area contributed by atoms with Crippen LogP contribution in [-0.4, -0.2) is 35.9 Å². The third-order valence-electron chi connectivity index (χ3n) is 2.44. The second kappa shape index (κ2) is 3.89. The Balaban J connectivity index is 2.10. The minimum absolute atomic E-state index is 0.0706. The van der Waals surface area contributed by atoms with Crippen LogP contribution in [0, 0.1) is 6.92 Å².